The first-order valence-corrected chi connectivity index (χ1v) is 10.6. The van der Waals surface area contributed by atoms with E-state index >= 15 is 0 Å². The monoisotopic (exact) mass is 404 g/mol. The van der Waals surface area contributed by atoms with E-state index in [1.807, 2.05) is 42.5 Å². The molecule has 0 saturated carbocycles. The number of benzene rings is 2. The molecule has 0 unspecified atom stereocenters. The number of rotatable bonds is 6. The average Bonchev–Trinajstić information content (AvgIpc) is 2.71. The van der Waals surface area contributed by atoms with Gasteiger partial charge in [0.25, 0.3) is 0 Å². The predicted octanol–water partition coefficient (Wildman–Crippen LogP) is 4.75. The van der Waals surface area contributed by atoms with Gasteiger partial charge in [-0.3, -0.25) is 4.90 Å². The molecule has 1 fully saturated rings. The van der Waals surface area contributed by atoms with Crippen molar-refractivity contribution in [1.82, 2.24) is 9.80 Å². The Bertz CT molecular complexity index is 688. The Morgan fingerprint density at radius 3 is 2.33 bits per heavy atom. The highest BCUT2D eigenvalue weighted by molar-refractivity contribution is 7.99. The summed E-state index contributed by atoms with van der Waals surface area (Å²) < 4.78 is 0. The molecule has 1 aliphatic heterocycles. The third-order valence-corrected chi connectivity index (χ3v) is 5.83. The maximum Gasteiger partial charge on any atom is 0.0558 e. The smallest absolute Gasteiger partial charge is 0.0558 e. The van der Waals surface area contributed by atoms with Crippen molar-refractivity contribution in [1.29, 1.82) is 0 Å². The van der Waals surface area contributed by atoms with Gasteiger partial charge in [0.05, 0.1) is 6.61 Å². The van der Waals surface area contributed by atoms with Crippen LogP contribution in [0.4, 0.5) is 0 Å². The molecule has 0 aliphatic carbocycles. The second kappa shape index (κ2) is 12.2. The Labute approximate surface area is 172 Å². The fourth-order valence-electron chi connectivity index (χ4n) is 2.86. The number of aliphatic hydroxyl groups is 1. The van der Waals surface area contributed by atoms with Crippen LogP contribution in [0.15, 0.2) is 64.9 Å². The van der Waals surface area contributed by atoms with Crippen molar-refractivity contribution >= 4 is 29.4 Å². The van der Waals surface area contributed by atoms with Crippen LogP contribution in [0, 0.1) is 0 Å². The third kappa shape index (κ3) is 7.68. The van der Waals surface area contributed by atoms with E-state index in [0.29, 0.717) is 6.61 Å². The summed E-state index contributed by atoms with van der Waals surface area (Å²) in [6.45, 7) is 12.9. The molecule has 3 rings (SSSR count). The molecule has 0 atom stereocenters. The molecule has 0 aromatic heterocycles. The van der Waals surface area contributed by atoms with Gasteiger partial charge in [-0.1, -0.05) is 61.1 Å². The van der Waals surface area contributed by atoms with Gasteiger partial charge in [-0.25, -0.2) is 0 Å². The van der Waals surface area contributed by atoms with Gasteiger partial charge in [0.15, 0.2) is 0 Å². The normalized spacial score (nSPS) is 15.1. The first kappa shape index (κ1) is 22.0. The van der Waals surface area contributed by atoms with Crippen LogP contribution < -0.4 is 0 Å². The van der Waals surface area contributed by atoms with Gasteiger partial charge in [-0.15, -0.1) is 0 Å². The van der Waals surface area contributed by atoms with Gasteiger partial charge in [-0.05, 0) is 42.4 Å². The number of hydrogen-bond donors (Lipinski definition) is 1. The summed E-state index contributed by atoms with van der Waals surface area (Å²) in [5.74, 6) is 0. The van der Waals surface area contributed by atoms with E-state index in [1.54, 1.807) is 11.8 Å². The lowest BCUT2D eigenvalue weighted by Gasteiger charge is -2.33. The van der Waals surface area contributed by atoms with Gasteiger partial charge in [0.1, 0.15) is 0 Å². The highest BCUT2D eigenvalue weighted by Gasteiger charge is 2.13. The van der Waals surface area contributed by atoms with E-state index in [1.165, 1.54) is 9.79 Å². The number of aliphatic hydroxyl groups excluding tert-OH is 1. The molecule has 2 aromatic carbocycles. The third-order valence-electron chi connectivity index (χ3n) is 4.49. The van der Waals surface area contributed by atoms with Crippen LogP contribution in [-0.4, -0.2) is 60.8 Å². The highest BCUT2D eigenvalue weighted by atomic mass is 35.5. The summed E-state index contributed by atoms with van der Waals surface area (Å²) in [6, 6.07) is 16.1. The zero-order valence-corrected chi connectivity index (χ0v) is 17.6. The molecule has 27 heavy (non-hydrogen) atoms. The van der Waals surface area contributed by atoms with E-state index in [2.05, 4.69) is 35.4 Å². The van der Waals surface area contributed by atoms with Crippen LogP contribution in [0.1, 0.15) is 12.5 Å². The van der Waals surface area contributed by atoms with Gasteiger partial charge in [0, 0.05) is 47.5 Å². The summed E-state index contributed by atoms with van der Waals surface area (Å²) in [6.07, 6.45) is 1.83. The summed E-state index contributed by atoms with van der Waals surface area (Å²) in [4.78, 5) is 7.14. The first-order valence-electron chi connectivity index (χ1n) is 9.36. The number of likely N-dealkylation sites (N-methyl/N-ethyl adjacent to an activating group) is 1. The zero-order valence-electron chi connectivity index (χ0n) is 16.0. The molecule has 0 bridgehead atoms. The second-order valence-electron chi connectivity index (χ2n) is 6.30. The first-order chi connectivity index (χ1) is 13.2. The van der Waals surface area contributed by atoms with Crippen molar-refractivity contribution in [2.45, 2.75) is 16.7 Å². The predicted molar refractivity (Wildman–Crippen MR) is 118 cm³/mol. The lowest BCUT2D eigenvalue weighted by Crippen LogP contribution is -2.46. The minimum Gasteiger partial charge on any atom is -0.395 e. The van der Waals surface area contributed by atoms with Crippen molar-refractivity contribution in [2.24, 2.45) is 0 Å². The van der Waals surface area contributed by atoms with Crippen molar-refractivity contribution in [2.75, 3.05) is 45.9 Å². The highest BCUT2D eigenvalue weighted by Crippen LogP contribution is 2.32. The van der Waals surface area contributed by atoms with Crippen molar-refractivity contribution in [3.05, 3.63) is 65.7 Å². The molecular formula is C22H29ClN2OS. The number of β-amino-alcohol motifs (C(OH)–C–C–N with tert-alkyl or cyclic N) is 1. The maximum atomic E-state index is 8.69. The number of piperazine rings is 1. The Morgan fingerprint density at radius 1 is 1.07 bits per heavy atom. The molecule has 0 radical (unpaired) electrons. The molecule has 5 heteroatoms. The topological polar surface area (TPSA) is 26.7 Å². The number of halogens is 1. The fraction of sp³-hybridized carbons (Fsp3) is 0.364. The Balaban J connectivity index is 0.000000208. The van der Waals surface area contributed by atoms with E-state index in [0.717, 1.165) is 49.9 Å². The van der Waals surface area contributed by atoms with Crippen molar-refractivity contribution < 1.29 is 5.11 Å². The van der Waals surface area contributed by atoms with Crippen molar-refractivity contribution in [3.8, 4) is 0 Å². The van der Waals surface area contributed by atoms with Gasteiger partial charge < -0.3 is 10.0 Å². The van der Waals surface area contributed by atoms with Crippen LogP contribution in [0.5, 0.6) is 0 Å². The van der Waals surface area contributed by atoms with Crippen molar-refractivity contribution in [3.63, 3.8) is 0 Å². The van der Waals surface area contributed by atoms with E-state index < -0.39 is 0 Å². The quantitative estimate of drug-likeness (QED) is 0.751. The minimum absolute atomic E-state index is 0.298. The van der Waals surface area contributed by atoms with Crippen LogP contribution in [0.2, 0.25) is 5.02 Å². The van der Waals surface area contributed by atoms with Crippen LogP contribution >= 0.6 is 23.4 Å². The van der Waals surface area contributed by atoms with Gasteiger partial charge in [0.2, 0.25) is 0 Å². The molecule has 0 amide bonds. The summed E-state index contributed by atoms with van der Waals surface area (Å²) in [5, 5.41) is 9.43. The van der Waals surface area contributed by atoms with Gasteiger partial charge in [-0.2, -0.15) is 0 Å². The lowest BCUT2D eigenvalue weighted by atomic mass is 10.2. The van der Waals surface area contributed by atoms with Crippen LogP contribution in [0.3, 0.4) is 0 Å². The molecule has 1 saturated heterocycles. The molecule has 146 valence electrons. The second-order valence-corrected chi connectivity index (χ2v) is 7.85. The largest absolute Gasteiger partial charge is 0.395 e. The van der Waals surface area contributed by atoms with E-state index in [9.17, 15) is 0 Å². The zero-order chi connectivity index (χ0) is 19.5. The Kier molecular flexibility index (Phi) is 9.95. The molecular weight excluding hydrogens is 376 g/mol. The fourth-order valence-corrected chi connectivity index (χ4v) is 3.98. The molecule has 3 nitrogen and oxygen atoms in total. The Hall–Kier alpha value is -1.30. The summed E-state index contributed by atoms with van der Waals surface area (Å²) in [5.41, 5.74) is 1.07. The minimum atomic E-state index is 0.298. The maximum absolute atomic E-state index is 8.69. The average molecular weight is 405 g/mol. The molecule has 1 heterocycles. The summed E-state index contributed by atoms with van der Waals surface area (Å²) >= 11 is 7.66. The molecule has 1 aliphatic rings. The standard InChI is InChI=1S/C14H11ClS.C8H18N2O/c1-2-11-10-12(15)8-9-14(11)16-13-6-4-3-5-7-13;1-2-9-3-5-10(6-4-9)7-8-11/h2-10H,1H2;11H,2-8H2,1H3. The van der Waals surface area contributed by atoms with Crippen LogP contribution in [0.25, 0.3) is 6.08 Å². The van der Waals surface area contributed by atoms with E-state index in [4.69, 9.17) is 16.7 Å². The van der Waals surface area contributed by atoms with E-state index in [-0.39, 0.29) is 0 Å². The van der Waals surface area contributed by atoms with Gasteiger partial charge >= 0.3 is 0 Å². The molecule has 1 N–H and O–H groups in total. The lowest BCUT2D eigenvalue weighted by molar-refractivity contribution is 0.116. The van der Waals surface area contributed by atoms with Crippen LogP contribution in [-0.2, 0) is 0 Å². The SMILES string of the molecule is C=Cc1cc(Cl)ccc1Sc1ccccc1.CCN1CCN(CCO)CC1. The molecule has 0 spiro atoms. The number of hydrogen-bond acceptors (Lipinski definition) is 4. The molecule has 2 aromatic rings. The summed E-state index contributed by atoms with van der Waals surface area (Å²) in [7, 11) is 0. The number of nitrogens with zero attached hydrogens (tertiary/aromatic N) is 2. The Morgan fingerprint density at radius 2 is 1.74 bits per heavy atom.